The number of ether oxygens (including phenoxy) is 1. The number of hydrogen-bond donors (Lipinski definition) is 1. The second-order valence-corrected chi connectivity index (χ2v) is 4.22. The Balaban J connectivity index is 2.84. The van der Waals surface area contributed by atoms with Crippen LogP contribution in [0.2, 0.25) is 0 Å². The number of benzene rings is 1. The Kier molecular flexibility index (Phi) is 5.70. The number of rotatable bonds is 6. The molecule has 0 amide bonds. The summed E-state index contributed by atoms with van der Waals surface area (Å²) in [5, 5.41) is 0. The maximum absolute atomic E-state index is 11.8. The lowest BCUT2D eigenvalue weighted by atomic mass is 9.89. The average molecular weight is 235 g/mol. The van der Waals surface area contributed by atoms with E-state index >= 15 is 0 Å². The molecule has 3 nitrogen and oxygen atoms in total. The highest BCUT2D eigenvalue weighted by atomic mass is 16.5. The Labute approximate surface area is 103 Å². The second kappa shape index (κ2) is 7.07. The van der Waals surface area contributed by atoms with Crippen molar-refractivity contribution in [2.45, 2.75) is 38.1 Å². The van der Waals surface area contributed by atoms with Gasteiger partial charge < -0.3 is 10.5 Å². The molecule has 2 N–H and O–H groups in total. The molecule has 0 aliphatic heterocycles. The molecule has 1 rings (SSSR count). The fourth-order valence-electron chi connectivity index (χ4n) is 1.95. The van der Waals surface area contributed by atoms with Gasteiger partial charge >= 0.3 is 5.97 Å². The molecule has 0 aliphatic rings. The van der Waals surface area contributed by atoms with Crippen LogP contribution in [0.1, 0.15) is 37.7 Å². The molecule has 0 aliphatic carbocycles. The second-order valence-electron chi connectivity index (χ2n) is 4.22. The Bertz CT molecular complexity index is 337. The standard InChI is InChI=1S/C14H21NO2/c1-3-4-10-12(15)13(14(16)17-2)11-8-6-5-7-9-11/h5-9,12-13H,3-4,10,15H2,1-2H3. The van der Waals surface area contributed by atoms with Gasteiger partial charge in [0, 0.05) is 6.04 Å². The first-order valence-electron chi connectivity index (χ1n) is 6.09. The molecular formula is C14H21NO2. The van der Waals surface area contributed by atoms with Crippen molar-refractivity contribution in [3.05, 3.63) is 35.9 Å². The molecule has 0 radical (unpaired) electrons. The summed E-state index contributed by atoms with van der Waals surface area (Å²) in [6.07, 6.45) is 2.95. The van der Waals surface area contributed by atoms with Gasteiger partial charge in [-0.1, -0.05) is 50.1 Å². The fraction of sp³-hybridized carbons (Fsp3) is 0.500. The third-order valence-corrected chi connectivity index (χ3v) is 2.93. The minimum Gasteiger partial charge on any atom is -0.469 e. The van der Waals surface area contributed by atoms with Crippen molar-refractivity contribution in [1.29, 1.82) is 0 Å². The van der Waals surface area contributed by atoms with E-state index in [0.717, 1.165) is 24.8 Å². The zero-order valence-electron chi connectivity index (χ0n) is 10.6. The molecule has 2 atom stereocenters. The highest BCUT2D eigenvalue weighted by Crippen LogP contribution is 2.23. The van der Waals surface area contributed by atoms with Gasteiger partial charge in [0.05, 0.1) is 13.0 Å². The molecule has 94 valence electrons. The summed E-state index contributed by atoms with van der Waals surface area (Å²) in [6, 6.07) is 9.43. The molecule has 0 aromatic heterocycles. The fourth-order valence-corrected chi connectivity index (χ4v) is 1.95. The number of nitrogens with two attached hydrogens (primary N) is 1. The van der Waals surface area contributed by atoms with Crippen molar-refractivity contribution in [1.82, 2.24) is 0 Å². The maximum atomic E-state index is 11.8. The highest BCUT2D eigenvalue weighted by Gasteiger charge is 2.27. The van der Waals surface area contributed by atoms with Crippen LogP contribution in [0.15, 0.2) is 30.3 Å². The molecule has 3 heteroatoms. The Morgan fingerprint density at radius 1 is 1.35 bits per heavy atom. The van der Waals surface area contributed by atoms with E-state index in [1.54, 1.807) is 0 Å². The third kappa shape index (κ3) is 3.86. The SMILES string of the molecule is CCCCC(N)C(C(=O)OC)c1ccccc1. The minimum absolute atomic E-state index is 0.176. The summed E-state index contributed by atoms with van der Waals surface area (Å²) in [5.41, 5.74) is 7.04. The van der Waals surface area contributed by atoms with Crippen LogP contribution in [0, 0.1) is 0 Å². The van der Waals surface area contributed by atoms with Crippen LogP contribution < -0.4 is 5.73 Å². The summed E-state index contributed by atoms with van der Waals surface area (Å²) >= 11 is 0. The van der Waals surface area contributed by atoms with Gasteiger partial charge in [0.25, 0.3) is 0 Å². The van der Waals surface area contributed by atoms with E-state index in [-0.39, 0.29) is 17.9 Å². The van der Waals surface area contributed by atoms with Crippen molar-refractivity contribution in [3.63, 3.8) is 0 Å². The molecule has 0 fully saturated rings. The van der Waals surface area contributed by atoms with Crippen LogP contribution in [0.4, 0.5) is 0 Å². The zero-order valence-corrected chi connectivity index (χ0v) is 10.6. The molecule has 2 unspecified atom stereocenters. The van der Waals surface area contributed by atoms with Crippen molar-refractivity contribution < 1.29 is 9.53 Å². The van der Waals surface area contributed by atoms with Crippen LogP contribution in [0.25, 0.3) is 0 Å². The first-order valence-corrected chi connectivity index (χ1v) is 6.09. The van der Waals surface area contributed by atoms with Crippen molar-refractivity contribution in [3.8, 4) is 0 Å². The van der Waals surface area contributed by atoms with E-state index in [2.05, 4.69) is 6.92 Å². The van der Waals surface area contributed by atoms with Gasteiger partial charge in [-0.25, -0.2) is 0 Å². The first-order chi connectivity index (χ1) is 8.20. The molecule has 0 bridgehead atoms. The first kappa shape index (κ1) is 13.7. The predicted molar refractivity (Wildman–Crippen MR) is 68.7 cm³/mol. The number of carbonyl (C=O) groups excluding carboxylic acids is 1. The Morgan fingerprint density at radius 2 is 2.00 bits per heavy atom. The predicted octanol–water partition coefficient (Wildman–Crippen LogP) is 2.46. The van der Waals surface area contributed by atoms with Crippen LogP contribution in [-0.4, -0.2) is 19.1 Å². The lowest BCUT2D eigenvalue weighted by Crippen LogP contribution is -2.34. The van der Waals surface area contributed by atoms with Crippen LogP contribution >= 0.6 is 0 Å². The summed E-state index contributed by atoms with van der Waals surface area (Å²) in [4.78, 5) is 11.8. The van der Waals surface area contributed by atoms with Gasteiger partial charge in [0.2, 0.25) is 0 Å². The van der Waals surface area contributed by atoms with Gasteiger partial charge in [0.1, 0.15) is 0 Å². The summed E-state index contributed by atoms with van der Waals surface area (Å²) < 4.78 is 4.85. The molecule has 1 aromatic carbocycles. The van der Waals surface area contributed by atoms with E-state index in [4.69, 9.17) is 10.5 Å². The Morgan fingerprint density at radius 3 is 2.53 bits per heavy atom. The van der Waals surface area contributed by atoms with E-state index in [9.17, 15) is 4.79 Å². The van der Waals surface area contributed by atoms with Gasteiger partial charge in [-0.3, -0.25) is 4.79 Å². The van der Waals surface area contributed by atoms with E-state index in [0.29, 0.717) is 0 Å². The average Bonchev–Trinajstić information content (AvgIpc) is 2.37. The molecule has 0 saturated carbocycles. The van der Waals surface area contributed by atoms with E-state index < -0.39 is 0 Å². The molecule has 0 saturated heterocycles. The largest absolute Gasteiger partial charge is 0.469 e. The van der Waals surface area contributed by atoms with Crippen molar-refractivity contribution in [2.75, 3.05) is 7.11 Å². The normalized spacial score (nSPS) is 14.1. The van der Waals surface area contributed by atoms with Gasteiger partial charge in [0.15, 0.2) is 0 Å². The maximum Gasteiger partial charge on any atom is 0.314 e. The van der Waals surface area contributed by atoms with E-state index in [1.165, 1.54) is 7.11 Å². The third-order valence-electron chi connectivity index (χ3n) is 2.93. The summed E-state index contributed by atoms with van der Waals surface area (Å²) in [7, 11) is 1.41. The van der Waals surface area contributed by atoms with Crippen LogP contribution in [0.5, 0.6) is 0 Å². The monoisotopic (exact) mass is 235 g/mol. The number of methoxy groups -OCH3 is 1. The minimum atomic E-state index is -0.354. The number of esters is 1. The van der Waals surface area contributed by atoms with E-state index in [1.807, 2.05) is 30.3 Å². The smallest absolute Gasteiger partial charge is 0.314 e. The molecule has 17 heavy (non-hydrogen) atoms. The lowest BCUT2D eigenvalue weighted by molar-refractivity contribution is -0.143. The molecule has 1 aromatic rings. The van der Waals surface area contributed by atoms with Crippen molar-refractivity contribution in [2.24, 2.45) is 5.73 Å². The Hall–Kier alpha value is -1.35. The zero-order chi connectivity index (χ0) is 12.7. The summed E-state index contributed by atoms with van der Waals surface area (Å²) in [5.74, 6) is -0.604. The lowest BCUT2D eigenvalue weighted by Gasteiger charge is -2.21. The molecule has 0 heterocycles. The number of carbonyl (C=O) groups is 1. The van der Waals surface area contributed by atoms with Crippen LogP contribution in [0.3, 0.4) is 0 Å². The van der Waals surface area contributed by atoms with Gasteiger partial charge in [-0.2, -0.15) is 0 Å². The van der Waals surface area contributed by atoms with Gasteiger partial charge in [-0.05, 0) is 12.0 Å². The number of unbranched alkanes of at least 4 members (excludes halogenated alkanes) is 1. The number of hydrogen-bond acceptors (Lipinski definition) is 3. The molecule has 0 spiro atoms. The molecular weight excluding hydrogens is 214 g/mol. The van der Waals surface area contributed by atoms with Gasteiger partial charge in [-0.15, -0.1) is 0 Å². The topological polar surface area (TPSA) is 52.3 Å². The van der Waals surface area contributed by atoms with Crippen LogP contribution in [-0.2, 0) is 9.53 Å². The van der Waals surface area contributed by atoms with Crippen molar-refractivity contribution >= 4 is 5.97 Å². The quantitative estimate of drug-likeness (QED) is 0.771. The summed E-state index contributed by atoms with van der Waals surface area (Å²) in [6.45, 7) is 2.11. The highest BCUT2D eigenvalue weighted by molar-refractivity contribution is 5.79.